The van der Waals surface area contributed by atoms with E-state index < -0.39 is 0 Å². The quantitative estimate of drug-likeness (QED) is 0.651. The van der Waals surface area contributed by atoms with E-state index in [1.54, 1.807) is 37.6 Å². The Labute approximate surface area is 171 Å². The van der Waals surface area contributed by atoms with Crippen molar-refractivity contribution in [2.45, 2.75) is 44.7 Å². The molecular formula is C22H29N3O4. The van der Waals surface area contributed by atoms with Crippen LogP contribution in [-0.2, 0) is 11.3 Å². The SMILES string of the molecule is COCCOc1ccc(NC(=O)N(Cc2ccccc2O)C2CCCCC2)cn1. The average Bonchev–Trinajstić information content (AvgIpc) is 2.75. The minimum Gasteiger partial charge on any atom is -0.508 e. The van der Waals surface area contributed by atoms with Crippen molar-refractivity contribution in [2.24, 2.45) is 0 Å². The molecule has 156 valence electrons. The lowest BCUT2D eigenvalue weighted by Gasteiger charge is -2.34. The summed E-state index contributed by atoms with van der Waals surface area (Å²) in [6, 6.07) is 10.6. The second-order valence-electron chi connectivity index (χ2n) is 7.20. The lowest BCUT2D eigenvalue weighted by molar-refractivity contribution is 0.144. The van der Waals surface area contributed by atoms with Gasteiger partial charge < -0.3 is 24.8 Å². The summed E-state index contributed by atoms with van der Waals surface area (Å²) in [4.78, 5) is 19.1. The van der Waals surface area contributed by atoms with Gasteiger partial charge in [0, 0.05) is 24.8 Å². The number of aromatic hydroxyl groups is 1. The third-order valence-corrected chi connectivity index (χ3v) is 5.13. The first-order valence-corrected chi connectivity index (χ1v) is 10.1. The summed E-state index contributed by atoms with van der Waals surface area (Å²) in [7, 11) is 1.61. The molecule has 1 aromatic heterocycles. The van der Waals surface area contributed by atoms with Crippen LogP contribution in [0, 0.1) is 0 Å². The Hall–Kier alpha value is -2.80. The number of amides is 2. The Bertz CT molecular complexity index is 776. The Morgan fingerprint density at radius 1 is 1.17 bits per heavy atom. The average molecular weight is 399 g/mol. The van der Waals surface area contributed by atoms with Crippen LogP contribution in [0.3, 0.4) is 0 Å². The van der Waals surface area contributed by atoms with Crippen LogP contribution in [0.15, 0.2) is 42.6 Å². The van der Waals surface area contributed by atoms with Crippen LogP contribution >= 0.6 is 0 Å². The largest absolute Gasteiger partial charge is 0.508 e. The van der Waals surface area contributed by atoms with E-state index in [0.29, 0.717) is 31.3 Å². The Morgan fingerprint density at radius 2 is 1.97 bits per heavy atom. The molecule has 2 aromatic rings. The number of anilines is 1. The zero-order chi connectivity index (χ0) is 20.5. The van der Waals surface area contributed by atoms with Crippen LogP contribution in [0.1, 0.15) is 37.7 Å². The van der Waals surface area contributed by atoms with E-state index in [2.05, 4.69) is 10.3 Å². The third kappa shape index (κ3) is 6.09. The highest BCUT2D eigenvalue weighted by atomic mass is 16.5. The minimum atomic E-state index is -0.185. The molecule has 0 unspecified atom stereocenters. The molecule has 0 saturated heterocycles. The van der Waals surface area contributed by atoms with Gasteiger partial charge in [-0.3, -0.25) is 0 Å². The Morgan fingerprint density at radius 3 is 2.66 bits per heavy atom. The second kappa shape index (κ2) is 10.7. The first kappa shape index (κ1) is 20.9. The van der Waals surface area contributed by atoms with Crippen LogP contribution in [0.25, 0.3) is 0 Å². The predicted octanol–water partition coefficient (Wildman–Crippen LogP) is 4.18. The molecule has 1 aliphatic carbocycles. The normalized spacial score (nSPS) is 14.4. The molecule has 1 saturated carbocycles. The van der Waals surface area contributed by atoms with Gasteiger partial charge in [-0.25, -0.2) is 9.78 Å². The number of carbonyl (C=O) groups excluding carboxylic acids is 1. The summed E-state index contributed by atoms with van der Waals surface area (Å²) >= 11 is 0. The summed E-state index contributed by atoms with van der Waals surface area (Å²) in [5.41, 5.74) is 1.35. The molecule has 0 radical (unpaired) electrons. The molecule has 1 aliphatic rings. The van der Waals surface area contributed by atoms with Crippen molar-refractivity contribution in [2.75, 3.05) is 25.6 Å². The van der Waals surface area contributed by atoms with Gasteiger partial charge in [0.15, 0.2) is 0 Å². The molecular weight excluding hydrogens is 370 g/mol. The van der Waals surface area contributed by atoms with Gasteiger partial charge in [0.05, 0.1) is 25.0 Å². The van der Waals surface area contributed by atoms with Crippen LogP contribution in [0.4, 0.5) is 10.5 Å². The molecule has 1 aromatic carbocycles. The molecule has 0 bridgehead atoms. The molecule has 0 atom stereocenters. The number of carbonyl (C=O) groups is 1. The number of nitrogens with zero attached hydrogens (tertiary/aromatic N) is 2. The van der Waals surface area contributed by atoms with E-state index in [1.807, 2.05) is 17.0 Å². The van der Waals surface area contributed by atoms with Gasteiger partial charge in [-0.15, -0.1) is 0 Å². The van der Waals surface area contributed by atoms with Gasteiger partial charge in [-0.05, 0) is 25.0 Å². The maximum atomic E-state index is 13.1. The minimum absolute atomic E-state index is 0.160. The Kier molecular flexibility index (Phi) is 7.69. The van der Waals surface area contributed by atoms with Gasteiger partial charge in [-0.1, -0.05) is 37.5 Å². The first-order valence-electron chi connectivity index (χ1n) is 10.1. The van der Waals surface area contributed by atoms with Gasteiger partial charge in [0.2, 0.25) is 5.88 Å². The van der Waals surface area contributed by atoms with Crippen molar-refractivity contribution in [3.8, 4) is 11.6 Å². The fraction of sp³-hybridized carbons (Fsp3) is 0.455. The summed E-state index contributed by atoms with van der Waals surface area (Å²) < 4.78 is 10.4. The van der Waals surface area contributed by atoms with Crippen molar-refractivity contribution in [3.05, 3.63) is 48.2 Å². The third-order valence-electron chi connectivity index (χ3n) is 5.13. The van der Waals surface area contributed by atoms with E-state index >= 15 is 0 Å². The van der Waals surface area contributed by atoms with E-state index in [9.17, 15) is 9.90 Å². The highest BCUT2D eigenvalue weighted by Crippen LogP contribution is 2.27. The van der Waals surface area contributed by atoms with E-state index in [0.717, 1.165) is 31.2 Å². The van der Waals surface area contributed by atoms with Crippen LogP contribution < -0.4 is 10.1 Å². The zero-order valence-corrected chi connectivity index (χ0v) is 16.8. The molecule has 1 heterocycles. The van der Waals surface area contributed by atoms with Crippen molar-refractivity contribution in [1.29, 1.82) is 0 Å². The van der Waals surface area contributed by atoms with Crippen molar-refractivity contribution in [1.82, 2.24) is 9.88 Å². The van der Waals surface area contributed by atoms with Gasteiger partial charge in [0.1, 0.15) is 12.4 Å². The number of aromatic nitrogens is 1. The summed E-state index contributed by atoms with van der Waals surface area (Å²) in [6.45, 7) is 1.28. The first-order chi connectivity index (χ1) is 14.2. The molecule has 7 nitrogen and oxygen atoms in total. The number of urea groups is 1. The molecule has 29 heavy (non-hydrogen) atoms. The fourth-order valence-corrected chi connectivity index (χ4v) is 3.55. The number of para-hydroxylation sites is 1. The molecule has 0 spiro atoms. The number of pyridine rings is 1. The van der Waals surface area contributed by atoms with Crippen LogP contribution in [0.2, 0.25) is 0 Å². The monoisotopic (exact) mass is 399 g/mol. The predicted molar refractivity (Wildman–Crippen MR) is 111 cm³/mol. The fourth-order valence-electron chi connectivity index (χ4n) is 3.55. The number of rotatable bonds is 8. The van der Waals surface area contributed by atoms with Gasteiger partial charge >= 0.3 is 6.03 Å². The highest BCUT2D eigenvalue weighted by Gasteiger charge is 2.26. The number of methoxy groups -OCH3 is 1. The van der Waals surface area contributed by atoms with Crippen molar-refractivity contribution in [3.63, 3.8) is 0 Å². The number of hydrogen-bond acceptors (Lipinski definition) is 5. The summed E-state index contributed by atoms with van der Waals surface area (Å²) in [6.07, 6.45) is 6.97. The number of hydrogen-bond donors (Lipinski definition) is 2. The number of phenolic OH excluding ortho intramolecular Hbond substituents is 1. The molecule has 7 heteroatoms. The van der Waals surface area contributed by atoms with Gasteiger partial charge in [0.25, 0.3) is 0 Å². The van der Waals surface area contributed by atoms with E-state index in [1.165, 1.54) is 6.42 Å². The topological polar surface area (TPSA) is 83.9 Å². The highest BCUT2D eigenvalue weighted by molar-refractivity contribution is 5.89. The molecule has 2 N–H and O–H groups in total. The molecule has 0 aliphatic heterocycles. The molecule has 2 amide bonds. The standard InChI is InChI=1S/C22H29N3O4/c1-28-13-14-29-21-12-11-18(15-23-21)24-22(27)25(19-8-3-2-4-9-19)16-17-7-5-6-10-20(17)26/h5-7,10-12,15,19,26H,2-4,8-9,13-14,16H2,1H3,(H,24,27). The molecule has 3 rings (SSSR count). The molecule has 1 fully saturated rings. The summed E-state index contributed by atoms with van der Waals surface area (Å²) in [5, 5.41) is 13.1. The van der Waals surface area contributed by atoms with Gasteiger partial charge in [-0.2, -0.15) is 0 Å². The second-order valence-corrected chi connectivity index (χ2v) is 7.20. The van der Waals surface area contributed by atoms with Crippen molar-refractivity contribution >= 4 is 11.7 Å². The number of phenols is 1. The number of ether oxygens (including phenoxy) is 2. The smallest absolute Gasteiger partial charge is 0.322 e. The van der Waals surface area contributed by atoms with Crippen LogP contribution in [0.5, 0.6) is 11.6 Å². The Balaban J connectivity index is 1.68. The number of benzene rings is 1. The van der Waals surface area contributed by atoms with E-state index in [4.69, 9.17) is 9.47 Å². The lowest BCUT2D eigenvalue weighted by atomic mass is 9.94. The number of nitrogens with one attached hydrogen (secondary N) is 1. The maximum Gasteiger partial charge on any atom is 0.322 e. The van der Waals surface area contributed by atoms with Crippen LogP contribution in [-0.4, -0.2) is 47.4 Å². The zero-order valence-electron chi connectivity index (χ0n) is 16.8. The summed E-state index contributed by atoms with van der Waals surface area (Å²) in [5.74, 6) is 0.693. The lowest BCUT2D eigenvalue weighted by Crippen LogP contribution is -2.43. The van der Waals surface area contributed by atoms with Crippen molar-refractivity contribution < 1.29 is 19.4 Å². The van der Waals surface area contributed by atoms with E-state index in [-0.39, 0.29) is 17.8 Å². The maximum absolute atomic E-state index is 13.1.